The molecular weight excluding hydrogens is 210 g/mol. The van der Waals surface area contributed by atoms with Crippen LogP contribution in [0.15, 0.2) is 36.5 Å². The molecule has 1 unspecified atom stereocenters. The van der Waals surface area contributed by atoms with Crippen LogP contribution in [0.3, 0.4) is 0 Å². The highest BCUT2D eigenvalue weighted by atomic mass is 15.3. The summed E-state index contributed by atoms with van der Waals surface area (Å²) < 4.78 is 1.84. The lowest BCUT2D eigenvalue weighted by atomic mass is 10.0. The molecule has 3 heteroatoms. The fraction of sp³-hybridized carbons (Fsp3) is 0.357. The van der Waals surface area contributed by atoms with Gasteiger partial charge in [0.1, 0.15) is 5.82 Å². The van der Waals surface area contributed by atoms with Crippen LogP contribution in [-0.4, -0.2) is 9.78 Å². The van der Waals surface area contributed by atoms with E-state index in [2.05, 4.69) is 43.2 Å². The first-order chi connectivity index (χ1) is 8.22. The van der Waals surface area contributed by atoms with Gasteiger partial charge in [-0.3, -0.25) is 0 Å². The van der Waals surface area contributed by atoms with Crippen molar-refractivity contribution in [3.63, 3.8) is 0 Å². The molecule has 2 N–H and O–H groups in total. The van der Waals surface area contributed by atoms with Crippen molar-refractivity contribution >= 4 is 5.82 Å². The molecule has 1 aromatic carbocycles. The third-order valence-electron chi connectivity index (χ3n) is 3.07. The molecule has 1 aromatic heterocycles. The van der Waals surface area contributed by atoms with Gasteiger partial charge >= 0.3 is 0 Å². The van der Waals surface area contributed by atoms with Gasteiger partial charge in [-0.1, -0.05) is 37.6 Å². The topological polar surface area (TPSA) is 43.8 Å². The normalized spacial score (nSPS) is 12.6. The Labute approximate surface area is 102 Å². The van der Waals surface area contributed by atoms with E-state index in [1.165, 1.54) is 17.5 Å². The van der Waals surface area contributed by atoms with Gasteiger partial charge < -0.3 is 5.73 Å². The van der Waals surface area contributed by atoms with Crippen molar-refractivity contribution in [3.05, 3.63) is 47.7 Å². The number of hydrogen-bond donors (Lipinski definition) is 1. The summed E-state index contributed by atoms with van der Waals surface area (Å²) in [6.07, 6.45) is 4.05. The minimum Gasteiger partial charge on any atom is -0.384 e. The molecule has 0 saturated carbocycles. The minimum atomic E-state index is 0.181. The van der Waals surface area contributed by atoms with Crippen LogP contribution in [0.4, 0.5) is 5.82 Å². The zero-order valence-corrected chi connectivity index (χ0v) is 10.4. The van der Waals surface area contributed by atoms with Crippen molar-refractivity contribution in [2.24, 2.45) is 0 Å². The number of rotatable bonds is 4. The highest BCUT2D eigenvalue weighted by molar-refractivity contribution is 5.31. The summed E-state index contributed by atoms with van der Waals surface area (Å²) >= 11 is 0. The van der Waals surface area contributed by atoms with Crippen LogP contribution >= 0.6 is 0 Å². The van der Waals surface area contributed by atoms with Gasteiger partial charge in [0.25, 0.3) is 0 Å². The number of nitrogens with two attached hydrogens (primary N) is 1. The molecule has 0 aliphatic carbocycles. The van der Waals surface area contributed by atoms with E-state index in [-0.39, 0.29) is 6.04 Å². The minimum absolute atomic E-state index is 0.181. The molecule has 0 aliphatic rings. The monoisotopic (exact) mass is 229 g/mol. The summed E-state index contributed by atoms with van der Waals surface area (Å²) in [5, 5.41) is 4.24. The predicted molar refractivity (Wildman–Crippen MR) is 70.9 cm³/mol. The maximum absolute atomic E-state index is 5.86. The average Bonchev–Trinajstić information content (AvgIpc) is 2.76. The van der Waals surface area contributed by atoms with E-state index in [1.54, 1.807) is 6.20 Å². The van der Waals surface area contributed by atoms with Gasteiger partial charge in [0.05, 0.1) is 12.2 Å². The van der Waals surface area contributed by atoms with Gasteiger partial charge in [0.2, 0.25) is 0 Å². The van der Waals surface area contributed by atoms with Gasteiger partial charge in [-0.05, 0) is 30.5 Å². The molecule has 0 fully saturated rings. The molecule has 0 bridgehead atoms. The van der Waals surface area contributed by atoms with Crippen LogP contribution in [-0.2, 0) is 6.42 Å². The Balaban J connectivity index is 2.20. The van der Waals surface area contributed by atoms with Crippen LogP contribution in [0.1, 0.15) is 37.4 Å². The fourth-order valence-electron chi connectivity index (χ4n) is 2.04. The maximum Gasteiger partial charge on any atom is 0.122 e. The maximum atomic E-state index is 5.86. The third kappa shape index (κ3) is 2.49. The molecule has 2 rings (SSSR count). The Morgan fingerprint density at radius 2 is 1.94 bits per heavy atom. The lowest BCUT2D eigenvalue weighted by Crippen LogP contribution is -2.11. The molecule has 1 atom stereocenters. The van der Waals surface area contributed by atoms with E-state index < -0.39 is 0 Å². The van der Waals surface area contributed by atoms with E-state index in [9.17, 15) is 0 Å². The van der Waals surface area contributed by atoms with Gasteiger partial charge in [-0.2, -0.15) is 5.10 Å². The van der Waals surface area contributed by atoms with E-state index in [0.29, 0.717) is 5.82 Å². The molecule has 0 aliphatic heterocycles. The third-order valence-corrected chi connectivity index (χ3v) is 3.07. The Hall–Kier alpha value is -1.77. The summed E-state index contributed by atoms with van der Waals surface area (Å²) in [4.78, 5) is 0. The van der Waals surface area contributed by atoms with E-state index in [4.69, 9.17) is 5.73 Å². The summed E-state index contributed by atoms with van der Waals surface area (Å²) in [6, 6.07) is 10.7. The van der Waals surface area contributed by atoms with Crippen LogP contribution in [0, 0.1) is 0 Å². The lowest BCUT2D eigenvalue weighted by Gasteiger charge is -2.14. The Kier molecular flexibility index (Phi) is 3.47. The molecular formula is C14H19N3. The first-order valence-electron chi connectivity index (χ1n) is 6.10. The molecule has 0 spiro atoms. The molecule has 90 valence electrons. The average molecular weight is 229 g/mol. The molecule has 17 heavy (non-hydrogen) atoms. The summed E-state index contributed by atoms with van der Waals surface area (Å²) in [7, 11) is 0. The Bertz CT molecular complexity index is 470. The summed E-state index contributed by atoms with van der Waals surface area (Å²) in [5.74, 6) is 0.704. The Morgan fingerprint density at radius 3 is 2.47 bits per heavy atom. The van der Waals surface area contributed by atoms with Gasteiger partial charge in [-0.15, -0.1) is 0 Å². The SMILES string of the molecule is CCCc1ccc(C(C)n2nccc2N)cc1. The number of anilines is 1. The van der Waals surface area contributed by atoms with Crippen molar-refractivity contribution in [1.82, 2.24) is 9.78 Å². The fourth-order valence-corrected chi connectivity index (χ4v) is 2.04. The quantitative estimate of drug-likeness (QED) is 0.875. The second-order valence-corrected chi connectivity index (χ2v) is 4.37. The van der Waals surface area contributed by atoms with Crippen molar-refractivity contribution in [1.29, 1.82) is 0 Å². The van der Waals surface area contributed by atoms with E-state index in [1.807, 2.05) is 10.7 Å². The van der Waals surface area contributed by atoms with Crippen LogP contribution in [0.5, 0.6) is 0 Å². The van der Waals surface area contributed by atoms with Crippen molar-refractivity contribution in [3.8, 4) is 0 Å². The molecule has 3 nitrogen and oxygen atoms in total. The summed E-state index contributed by atoms with van der Waals surface area (Å²) in [5.41, 5.74) is 8.48. The first kappa shape index (κ1) is 11.7. The zero-order chi connectivity index (χ0) is 12.3. The van der Waals surface area contributed by atoms with Crippen LogP contribution in [0.2, 0.25) is 0 Å². The first-order valence-corrected chi connectivity index (χ1v) is 6.10. The van der Waals surface area contributed by atoms with Crippen molar-refractivity contribution in [2.45, 2.75) is 32.7 Å². The molecule has 2 aromatic rings. The number of aromatic nitrogens is 2. The second kappa shape index (κ2) is 5.04. The zero-order valence-electron chi connectivity index (χ0n) is 10.4. The summed E-state index contributed by atoms with van der Waals surface area (Å²) in [6.45, 7) is 4.30. The second-order valence-electron chi connectivity index (χ2n) is 4.37. The van der Waals surface area contributed by atoms with Gasteiger partial charge in [0.15, 0.2) is 0 Å². The van der Waals surface area contributed by atoms with Gasteiger partial charge in [0, 0.05) is 0 Å². The van der Waals surface area contributed by atoms with Gasteiger partial charge in [-0.25, -0.2) is 4.68 Å². The molecule has 1 heterocycles. The van der Waals surface area contributed by atoms with E-state index >= 15 is 0 Å². The van der Waals surface area contributed by atoms with Crippen molar-refractivity contribution < 1.29 is 0 Å². The molecule has 0 radical (unpaired) electrons. The highest BCUT2D eigenvalue weighted by Gasteiger charge is 2.10. The number of nitrogen functional groups attached to an aromatic ring is 1. The molecule has 0 amide bonds. The van der Waals surface area contributed by atoms with Crippen LogP contribution in [0.25, 0.3) is 0 Å². The highest BCUT2D eigenvalue weighted by Crippen LogP contribution is 2.20. The standard InChI is InChI=1S/C14H19N3/c1-3-4-12-5-7-13(8-6-12)11(2)17-14(15)9-10-16-17/h5-11H,3-4,15H2,1-2H3. The number of aryl methyl sites for hydroxylation is 1. The number of hydrogen-bond acceptors (Lipinski definition) is 2. The molecule has 0 saturated heterocycles. The van der Waals surface area contributed by atoms with E-state index in [0.717, 1.165) is 6.42 Å². The number of benzene rings is 1. The van der Waals surface area contributed by atoms with Crippen molar-refractivity contribution in [2.75, 3.05) is 5.73 Å². The van der Waals surface area contributed by atoms with Crippen LogP contribution < -0.4 is 5.73 Å². The predicted octanol–water partition coefficient (Wildman–Crippen LogP) is 3.03. The lowest BCUT2D eigenvalue weighted by molar-refractivity contribution is 0.573. The Morgan fingerprint density at radius 1 is 1.24 bits per heavy atom. The largest absolute Gasteiger partial charge is 0.384 e. The smallest absolute Gasteiger partial charge is 0.122 e. The number of nitrogens with zero attached hydrogens (tertiary/aromatic N) is 2.